The van der Waals surface area contributed by atoms with E-state index in [2.05, 4.69) is 6.92 Å². The first-order valence-electron chi connectivity index (χ1n) is 8.43. The number of aliphatic hydroxyl groups excluding tert-OH is 1. The molecule has 1 heterocycles. The van der Waals surface area contributed by atoms with Crippen LogP contribution in [-0.4, -0.2) is 29.9 Å². The Morgan fingerprint density at radius 1 is 1.42 bits per heavy atom. The lowest BCUT2D eigenvalue weighted by atomic mass is 9.88. The van der Waals surface area contributed by atoms with Gasteiger partial charge in [-0.3, -0.25) is 4.79 Å². The molecule has 5 atom stereocenters. The second-order valence-electron chi connectivity index (χ2n) is 6.76. The number of halogens is 3. The first-order valence-corrected chi connectivity index (χ1v) is 8.43. The number of carbonyl (C=O) groups is 1. The summed E-state index contributed by atoms with van der Waals surface area (Å²) in [5.74, 6) is 0.00943. The molecule has 1 saturated heterocycles. The average Bonchev–Trinajstić information content (AvgIpc) is 3.05. The van der Waals surface area contributed by atoms with Gasteiger partial charge in [-0.1, -0.05) is 18.2 Å². The molecule has 0 radical (unpaired) electrons. The van der Waals surface area contributed by atoms with Gasteiger partial charge in [0.2, 0.25) is 0 Å². The maximum absolute atomic E-state index is 12.7. The Morgan fingerprint density at radius 2 is 2.19 bits per heavy atom. The normalized spacial score (nSPS) is 29.7. The highest BCUT2D eigenvalue weighted by molar-refractivity contribution is 5.72. The SMILES string of the molecule is [CH2-]C1CC2OC(=O)CC2C1/C=C/C(O)COc1cccc(C(F)(F)F)c1. The lowest BCUT2D eigenvalue weighted by molar-refractivity contribution is -0.141. The van der Waals surface area contributed by atoms with Crippen LogP contribution in [0.15, 0.2) is 36.4 Å². The molecule has 1 aliphatic heterocycles. The number of aliphatic hydroxyl groups is 1. The second kappa shape index (κ2) is 7.31. The molecule has 1 saturated carbocycles. The second-order valence-corrected chi connectivity index (χ2v) is 6.76. The van der Waals surface area contributed by atoms with Crippen LogP contribution >= 0.6 is 0 Å². The number of ether oxygens (including phenoxy) is 2. The third-order valence-corrected chi connectivity index (χ3v) is 4.87. The molecule has 5 unspecified atom stereocenters. The summed E-state index contributed by atoms with van der Waals surface area (Å²) in [6.07, 6.45) is -1.13. The zero-order valence-corrected chi connectivity index (χ0v) is 14.0. The molecule has 1 aromatic carbocycles. The van der Waals surface area contributed by atoms with Gasteiger partial charge in [0.15, 0.2) is 0 Å². The highest BCUT2D eigenvalue weighted by Crippen LogP contribution is 2.45. The van der Waals surface area contributed by atoms with Gasteiger partial charge in [-0.2, -0.15) is 19.1 Å². The molecule has 0 aromatic heterocycles. The Labute approximate surface area is 149 Å². The molecule has 1 aromatic rings. The third-order valence-electron chi connectivity index (χ3n) is 4.87. The van der Waals surface area contributed by atoms with Crippen LogP contribution in [0.4, 0.5) is 13.2 Å². The van der Waals surface area contributed by atoms with E-state index in [1.807, 2.05) is 6.08 Å². The van der Waals surface area contributed by atoms with Gasteiger partial charge in [0.1, 0.15) is 24.6 Å². The van der Waals surface area contributed by atoms with Crippen molar-refractivity contribution in [3.63, 3.8) is 0 Å². The zero-order valence-electron chi connectivity index (χ0n) is 14.0. The first kappa shape index (κ1) is 18.8. The molecule has 142 valence electrons. The molecule has 2 fully saturated rings. The number of carbonyl (C=O) groups excluding carboxylic acids is 1. The van der Waals surface area contributed by atoms with E-state index in [9.17, 15) is 23.1 Å². The van der Waals surface area contributed by atoms with Crippen molar-refractivity contribution in [2.75, 3.05) is 6.61 Å². The van der Waals surface area contributed by atoms with Crippen molar-refractivity contribution in [1.82, 2.24) is 0 Å². The van der Waals surface area contributed by atoms with Gasteiger partial charge in [-0.15, -0.1) is 0 Å². The fourth-order valence-corrected chi connectivity index (χ4v) is 3.60. The van der Waals surface area contributed by atoms with E-state index >= 15 is 0 Å². The van der Waals surface area contributed by atoms with E-state index < -0.39 is 17.8 Å². The molecule has 4 nitrogen and oxygen atoms in total. The fourth-order valence-electron chi connectivity index (χ4n) is 3.60. The number of hydrogen-bond donors (Lipinski definition) is 1. The molecule has 2 aliphatic rings. The van der Waals surface area contributed by atoms with Crippen molar-refractivity contribution in [1.29, 1.82) is 0 Å². The van der Waals surface area contributed by atoms with Crippen LogP contribution in [0.1, 0.15) is 18.4 Å². The lowest BCUT2D eigenvalue weighted by Gasteiger charge is -2.21. The molecular formula is C19H20F3O4-. The lowest BCUT2D eigenvalue weighted by Crippen LogP contribution is -2.18. The van der Waals surface area contributed by atoms with E-state index in [-0.39, 0.29) is 42.2 Å². The van der Waals surface area contributed by atoms with Gasteiger partial charge < -0.3 is 21.5 Å². The molecule has 1 aliphatic carbocycles. The van der Waals surface area contributed by atoms with Crippen LogP contribution in [-0.2, 0) is 15.7 Å². The summed E-state index contributed by atoms with van der Waals surface area (Å²) >= 11 is 0. The molecule has 1 N–H and O–H groups in total. The summed E-state index contributed by atoms with van der Waals surface area (Å²) in [6.45, 7) is 3.90. The number of hydrogen-bond acceptors (Lipinski definition) is 4. The van der Waals surface area contributed by atoms with E-state index in [1.165, 1.54) is 12.1 Å². The summed E-state index contributed by atoms with van der Waals surface area (Å²) in [5, 5.41) is 10.0. The third kappa shape index (κ3) is 4.20. The molecule has 7 heteroatoms. The van der Waals surface area contributed by atoms with Crippen LogP contribution in [0, 0.1) is 24.7 Å². The Kier molecular flexibility index (Phi) is 5.27. The van der Waals surface area contributed by atoms with E-state index in [0.717, 1.165) is 12.1 Å². The Bertz CT molecular complexity index is 686. The fraction of sp³-hybridized carbons (Fsp3) is 0.474. The smallest absolute Gasteiger partial charge is 0.416 e. The van der Waals surface area contributed by atoms with Crippen molar-refractivity contribution in [2.24, 2.45) is 17.8 Å². The summed E-state index contributed by atoms with van der Waals surface area (Å²) in [4.78, 5) is 11.4. The minimum absolute atomic E-state index is 0.0228. The number of allylic oxidation sites excluding steroid dienone is 1. The van der Waals surface area contributed by atoms with Crippen molar-refractivity contribution in [3.8, 4) is 5.75 Å². The molecule has 0 bridgehead atoms. The topological polar surface area (TPSA) is 55.8 Å². The molecule has 0 spiro atoms. The number of benzene rings is 1. The van der Waals surface area contributed by atoms with Crippen LogP contribution < -0.4 is 4.74 Å². The monoisotopic (exact) mass is 369 g/mol. The predicted molar refractivity (Wildman–Crippen MR) is 87.0 cm³/mol. The standard InChI is InChI=1S/C19H20F3O4/c1-11-7-17-16(9-18(24)26-17)15(11)6-5-13(23)10-25-14-4-2-3-12(8-14)19(20,21)22/h2-6,8,11,13,15-17,23H,1,7,9-10H2/q-1/b6-5+. The first-order chi connectivity index (χ1) is 12.2. The van der Waals surface area contributed by atoms with E-state index in [0.29, 0.717) is 12.8 Å². The van der Waals surface area contributed by atoms with Gasteiger partial charge in [0.05, 0.1) is 12.0 Å². The largest absolute Gasteiger partial charge is 0.491 e. The maximum atomic E-state index is 12.7. The highest BCUT2D eigenvalue weighted by atomic mass is 19.4. The number of fused-ring (bicyclic) bond motifs is 1. The van der Waals surface area contributed by atoms with Crippen LogP contribution in [0.5, 0.6) is 5.75 Å². The van der Waals surface area contributed by atoms with Gasteiger partial charge in [0, 0.05) is 5.92 Å². The Hall–Kier alpha value is -2.02. The van der Waals surface area contributed by atoms with E-state index in [4.69, 9.17) is 9.47 Å². The van der Waals surface area contributed by atoms with Crippen molar-refractivity contribution in [2.45, 2.75) is 31.2 Å². The summed E-state index contributed by atoms with van der Waals surface area (Å²) in [6, 6.07) is 4.51. The van der Waals surface area contributed by atoms with Crippen LogP contribution in [0.3, 0.4) is 0 Å². The molecule has 0 amide bonds. The minimum Gasteiger partial charge on any atom is -0.491 e. The van der Waals surface area contributed by atoms with Crippen LogP contribution in [0.2, 0.25) is 0 Å². The van der Waals surface area contributed by atoms with Gasteiger partial charge in [-0.25, -0.2) is 0 Å². The average molecular weight is 369 g/mol. The van der Waals surface area contributed by atoms with Gasteiger partial charge in [-0.05, 0) is 30.5 Å². The van der Waals surface area contributed by atoms with Crippen molar-refractivity contribution >= 4 is 5.97 Å². The summed E-state index contributed by atoms with van der Waals surface area (Å²) in [5.41, 5.74) is -0.803. The summed E-state index contributed by atoms with van der Waals surface area (Å²) in [7, 11) is 0. The highest BCUT2D eigenvalue weighted by Gasteiger charge is 2.44. The van der Waals surface area contributed by atoms with Gasteiger partial charge in [0.25, 0.3) is 0 Å². The number of alkyl halides is 3. The quantitative estimate of drug-likeness (QED) is 0.491. The Balaban J connectivity index is 1.55. The maximum Gasteiger partial charge on any atom is 0.416 e. The number of esters is 1. The van der Waals surface area contributed by atoms with E-state index in [1.54, 1.807) is 6.08 Å². The van der Waals surface area contributed by atoms with Crippen molar-refractivity contribution in [3.05, 3.63) is 48.9 Å². The molecule has 26 heavy (non-hydrogen) atoms. The van der Waals surface area contributed by atoms with Crippen LogP contribution in [0.25, 0.3) is 0 Å². The van der Waals surface area contributed by atoms with Gasteiger partial charge >= 0.3 is 12.1 Å². The Morgan fingerprint density at radius 3 is 2.92 bits per heavy atom. The molecule has 3 rings (SSSR count). The zero-order chi connectivity index (χ0) is 18.9. The minimum atomic E-state index is -4.44. The number of rotatable bonds is 5. The molecular weight excluding hydrogens is 349 g/mol. The van der Waals surface area contributed by atoms with Crippen molar-refractivity contribution < 1.29 is 32.5 Å². The predicted octanol–water partition coefficient (Wildman–Crippen LogP) is 3.40. The summed E-state index contributed by atoms with van der Waals surface area (Å²) < 4.78 is 48.5.